The van der Waals surface area contributed by atoms with Gasteiger partial charge in [0.15, 0.2) is 0 Å². The zero-order valence-corrected chi connectivity index (χ0v) is 29.8. The van der Waals surface area contributed by atoms with Crippen LogP contribution in [0, 0.1) is 0 Å². The number of nitrogens with zero attached hydrogens (tertiary/aromatic N) is 2. The quantitative estimate of drug-likeness (QED) is 0.231. The zero-order valence-electron chi connectivity index (χ0n) is 29.8. The third-order valence-corrected chi connectivity index (χ3v) is 10.5. The van der Waals surface area contributed by atoms with Crippen molar-refractivity contribution in [1.82, 2.24) is 9.80 Å². The Morgan fingerprint density at radius 3 is 1.22 bits per heavy atom. The Kier molecular flexibility index (Phi) is 11.7. The molecule has 256 valence electrons. The number of carbonyl (C=O) groups is 1. The summed E-state index contributed by atoms with van der Waals surface area (Å²) < 4.78 is 11.8. The van der Waals surface area contributed by atoms with Gasteiger partial charge < -0.3 is 29.5 Å². The molecule has 0 spiro atoms. The molecule has 0 aliphatic heterocycles. The summed E-state index contributed by atoms with van der Waals surface area (Å²) in [6.45, 7) is 9.04. The summed E-state index contributed by atoms with van der Waals surface area (Å²) in [5.74, 6) is 0.0311. The Balaban J connectivity index is 1.43. The molecule has 0 amide bonds. The summed E-state index contributed by atoms with van der Waals surface area (Å²) in [6.07, 6.45) is 9.16. The van der Waals surface area contributed by atoms with E-state index < -0.39 is 28.6 Å². The molecule has 7 nitrogen and oxygen atoms in total. The van der Waals surface area contributed by atoms with Gasteiger partial charge in [-0.2, -0.15) is 0 Å². The fraction of sp³-hybridized carbons (Fsp3) is 0.667. The van der Waals surface area contributed by atoms with Crippen LogP contribution in [0.5, 0.6) is 0 Å². The van der Waals surface area contributed by atoms with Gasteiger partial charge in [-0.1, -0.05) is 87.1 Å². The molecule has 0 saturated heterocycles. The molecule has 2 aliphatic carbocycles. The van der Waals surface area contributed by atoms with Crippen LogP contribution < -0.4 is 0 Å². The fourth-order valence-corrected chi connectivity index (χ4v) is 7.72. The minimum atomic E-state index is -0.914. The smallest absolute Gasteiger partial charge is 0.423 e. The number of aliphatic hydroxyl groups is 2. The van der Waals surface area contributed by atoms with E-state index in [1.54, 1.807) is 0 Å². The fourth-order valence-electron chi connectivity index (χ4n) is 7.72. The molecule has 2 fully saturated rings. The molecule has 46 heavy (non-hydrogen) atoms. The summed E-state index contributed by atoms with van der Waals surface area (Å²) >= 11 is 0. The predicted molar refractivity (Wildman–Crippen MR) is 185 cm³/mol. The molecule has 2 aromatic carbocycles. The van der Waals surface area contributed by atoms with E-state index in [2.05, 4.69) is 62.3 Å². The molecule has 0 aromatic heterocycles. The first-order valence-corrected chi connectivity index (χ1v) is 17.4. The Labute approximate surface area is 278 Å². The Bertz CT molecular complexity index is 1160. The van der Waals surface area contributed by atoms with Gasteiger partial charge in [0.25, 0.3) is 0 Å². The number of hydrogen-bond donors (Lipinski definition) is 2. The molecule has 4 rings (SSSR count). The van der Waals surface area contributed by atoms with E-state index in [-0.39, 0.29) is 11.8 Å². The van der Waals surface area contributed by atoms with Crippen molar-refractivity contribution in [3.63, 3.8) is 0 Å². The predicted octanol–water partition coefficient (Wildman–Crippen LogP) is 7.69. The third kappa shape index (κ3) is 8.91. The second kappa shape index (κ2) is 14.8. The van der Waals surface area contributed by atoms with E-state index in [4.69, 9.17) is 9.47 Å². The van der Waals surface area contributed by atoms with Crippen LogP contribution in [-0.2, 0) is 20.7 Å². The SMILES string of the molecule is CN(C)CC(c1ccc(C(C)(C)OC(=O)OC(C)(C)c2ccc(C(CN(C)C)C3(O)CCCCC3)cc2)cc1)C1(O)CCCCC1. The van der Waals surface area contributed by atoms with Crippen molar-refractivity contribution in [1.29, 1.82) is 0 Å². The van der Waals surface area contributed by atoms with Gasteiger partial charge in [-0.3, -0.25) is 0 Å². The third-order valence-electron chi connectivity index (χ3n) is 10.5. The summed E-state index contributed by atoms with van der Waals surface area (Å²) in [5.41, 5.74) is 0.705. The largest absolute Gasteiger partial charge is 0.510 e. The molecular formula is C39H60N2O5. The monoisotopic (exact) mass is 636 g/mol. The van der Waals surface area contributed by atoms with E-state index in [1.807, 2.05) is 52.0 Å². The van der Waals surface area contributed by atoms with Gasteiger partial charge in [0.2, 0.25) is 0 Å². The average Bonchev–Trinajstić information content (AvgIpc) is 2.99. The zero-order chi connectivity index (χ0) is 33.8. The maximum absolute atomic E-state index is 13.2. The first-order valence-electron chi connectivity index (χ1n) is 17.4. The molecule has 7 heteroatoms. The van der Waals surface area contributed by atoms with E-state index in [0.717, 1.165) is 86.7 Å². The number of hydrogen-bond acceptors (Lipinski definition) is 7. The van der Waals surface area contributed by atoms with Crippen molar-refractivity contribution in [2.75, 3.05) is 41.3 Å². The van der Waals surface area contributed by atoms with E-state index >= 15 is 0 Å². The van der Waals surface area contributed by atoms with Crippen LogP contribution in [0.15, 0.2) is 48.5 Å². The summed E-state index contributed by atoms with van der Waals surface area (Å²) in [5, 5.41) is 23.2. The average molecular weight is 637 g/mol. The molecule has 2 atom stereocenters. The minimum Gasteiger partial charge on any atom is -0.423 e. The lowest BCUT2D eigenvalue weighted by molar-refractivity contribution is -0.0634. The lowest BCUT2D eigenvalue weighted by atomic mass is 9.72. The van der Waals surface area contributed by atoms with Crippen LogP contribution in [0.1, 0.15) is 126 Å². The molecule has 2 N–H and O–H groups in total. The van der Waals surface area contributed by atoms with Gasteiger partial charge in [-0.05, 0) is 104 Å². The molecule has 2 saturated carbocycles. The first-order chi connectivity index (χ1) is 21.5. The van der Waals surface area contributed by atoms with Crippen molar-refractivity contribution in [2.24, 2.45) is 0 Å². The Hall–Kier alpha value is -2.45. The van der Waals surface area contributed by atoms with Crippen molar-refractivity contribution >= 4 is 6.16 Å². The number of rotatable bonds is 12. The van der Waals surface area contributed by atoms with Crippen molar-refractivity contribution in [3.05, 3.63) is 70.8 Å². The van der Waals surface area contributed by atoms with Crippen LogP contribution in [-0.4, -0.2) is 78.7 Å². The van der Waals surface area contributed by atoms with E-state index in [9.17, 15) is 15.0 Å². The maximum atomic E-state index is 13.2. The highest BCUT2D eigenvalue weighted by atomic mass is 16.7. The summed E-state index contributed by atoms with van der Waals surface area (Å²) in [7, 11) is 8.20. The number of benzene rings is 2. The Morgan fingerprint density at radius 1 is 0.630 bits per heavy atom. The topological polar surface area (TPSA) is 82.5 Å². The lowest BCUT2D eigenvalue weighted by Crippen LogP contribution is -2.43. The van der Waals surface area contributed by atoms with Crippen LogP contribution in [0.4, 0.5) is 4.79 Å². The second-order valence-electron chi connectivity index (χ2n) is 15.7. The summed E-state index contributed by atoms with van der Waals surface area (Å²) in [6, 6.07) is 16.3. The number of likely N-dealkylation sites (N-methyl/N-ethyl adjacent to an activating group) is 2. The van der Waals surface area contributed by atoms with Crippen LogP contribution in [0.3, 0.4) is 0 Å². The van der Waals surface area contributed by atoms with Gasteiger partial charge >= 0.3 is 6.16 Å². The highest BCUT2D eigenvalue weighted by Crippen LogP contribution is 2.42. The highest BCUT2D eigenvalue weighted by Gasteiger charge is 2.41. The highest BCUT2D eigenvalue weighted by molar-refractivity contribution is 5.62. The standard InChI is InChI=1S/C39H60N2O5/c1-36(2,31-19-15-29(16-20-31)33(27-40(5)6)38(43)23-11-9-12-24-38)45-35(42)46-37(3,4)32-21-17-30(18-22-32)34(28-41(7)8)39(44)25-13-10-14-26-39/h15-22,33-34,43-44H,9-14,23-28H2,1-8H3. The van der Waals surface area contributed by atoms with Crippen LogP contribution in [0.25, 0.3) is 0 Å². The molecule has 0 radical (unpaired) electrons. The van der Waals surface area contributed by atoms with Gasteiger partial charge in [0, 0.05) is 24.9 Å². The van der Waals surface area contributed by atoms with Crippen molar-refractivity contribution in [3.8, 4) is 0 Å². The minimum absolute atomic E-state index is 0.0155. The molecular weight excluding hydrogens is 576 g/mol. The molecule has 2 aromatic rings. The summed E-state index contributed by atoms with van der Waals surface area (Å²) in [4.78, 5) is 17.5. The normalized spacial score (nSPS) is 19.9. The van der Waals surface area contributed by atoms with Crippen molar-refractivity contribution < 1.29 is 24.5 Å². The molecule has 2 unspecified atom stereocenters. The number of ether oxygens (including phenoxy) is 2. The molecule has 0 bridgehead atoms. The van der Waals surface area contributed by atoms with Crippen LogP contribution >= 0.6 is 0 Å². The van der Waals surface area contributed by atoms with Gasteiger partial charge in [-0.25, -0.2) is 4.79 Å². The maximum Gasteiger partial charge on any atom is 0.510 e. The van der Waals surface area contributed by atoms with Crippen LogP contribution in [0.2, 0.25) is 0 Å². The van der Waals surface area contributed by atoms with E-state index in [1.165, 1.54) is 12.8 Å². The van der Waals surface area contributed by atoms with Gasteiger partial charge in [-0.15, -0.1) is 0 Å². The van der Waals surface area contributed by atoms with Gasteiger partial charge in [0.1, 0.15) is 11.2 Å². The lowest BCUT2D eigenvalue weighted by Gasteiger charge is -2.41. The van der Waals surface area contributed by atoms with Gasteiger partial charge in [0.05, 0.1) is 11.2 Å². The second-order valence-corrected chi connectivity index (χ2v) is 15.7. The number of carbonyl (C=O) groups excluding carboxylic acids is 1. The van der Waals surface area contributed by atoms with E-state index in [0.29, 0.717) is 0 Å². The molecule has 2 aliphatic rings. The Morgan fingerprint density at radius 2 is 0.935 bits per heavy atom. The van der Waals surface area contributed by atoms with Crippen molar-refractivity contribution in [2.45, 2.75) is 126 Å². The first kappa shape index (κ1) is 36.4. The molecule has 0 heterocycles.